The summed E-state index contributed by atoms with van der Waals surface area (Å²) >= 11 is 0. The molecular weight excluding hydrogens is 278 g/mol. The Labute approximate surface area is 134 Å². The molecule has 1 N–H and O–H groups in total. The lowest BCUT2D eigenvalue weighted by Gasteiger charge is -2.25. The van der Waals surface area contributed by atoms with Crippen molar-refractivity contribution in [3.05, 3.63) is 0 Å². The molecule has 3 rings (SSSR count). The average molecular weight is 309 g/mol. The van der Waals surface area contributed by atoms with Crippen LogP contribution in [-0.2, 0) is 9.47 Å². The maximum atomic E-state index is 5.98. The van der Waals surface area contributed by atoms with E-state index < -0.39 is 0 Å². The van der Waals surface area contributed by atoms with Crippen LogP contribution in [-0.4, -0.2) is 63.5 Å². The molecule has 22 heavy (non-hydrogen) atoms. The van der Waals surface area contributed by atoms with E-state index in [0.29, 0.717) is 11.5 Å². The van der Waals surface area contributed by atoms with Gasteiger partial charge >= 0.3 is 0 Å². The van der Waals surface area contributed by atoms with Gasteiger partial charge in [-0.1, -0.05) is 19.3 Å². The first-order valence-corrected chi connectivity index (χ1v) is 8.96. The first-order chi connectivity index (χ1) is 10.8. The van der Waals surface area contributed by atoms with Crippen LogP contribution in [0.2, 0.25) is 0 Å². The summed E-state index contributed by atoms with van der Waals surface area (Å²) in [7, 11) is 1.88. The molecule has 0 aromatic heterocycles. The van der Waals surface area contributed by atoms with Gasteiger partial charge in [0.05, 0.1) is 19.3 Å². The van der Waals surface area contributed by atoms with E-state index in [0.717, 1.165) is 45.4 Å². The molecule has 0 aromatic carbocycles. The van der Waals surface area contributed by atoms with Gasteiger partial charge in [0.1, 0.15) is 0 Å². The second kappa shape index (κ2) is 7.64. The summed E-state index contributed by atoms with van der Waals surface area (Å²) in [5.74, 6) is 1.02. The van der Waals surface area contributed by atoms with Gasteiger partial charge in [-0.25, -0.2) is 0 Å². The highest BCUT2D eigenvalue weighted by molar-refractivity contribution is 5.80. The van der Waals surface area contributed by atoms with E-state index in [1.165, 1.54) is 44.9 Å². The zero-order valence-electron chi connectivity index (χ0n) is 14.0. The Morgan fingerprint density at radius 2 is 2.18 bits per heavy atom. The lowest BCUT2D eigenvalue weighted by molar-refractivity contribution is 0.0316. The van der Waals surface area contributed by atoms with Gasteiger partial charge < -0.3 is 19.7 Å². The van der Waals surface area contributed by atoms with Crippen LogP contribution in [0.4, 0.5) is 0 Å². The third-order valence-corrected chi connectivity index (χ3v) is 5.43. The standard InChI is InChI=1S/C17H31N3O2/c1-18-16(19-9-12-22-15-5-3-2-4-6-15)20-10-7-17(13-20)8-11-21-14-17/h15H,2-14H2,1H3,(H,18,19). The van der Waals surface area contributed by atoms with E-state index in [1.54, 1.807) is 0 Å². The van der Waals surface area contributed by atoms with Crippen molar-refractivity contribution < 1.29 is 9.47 Å². The van der Waals surface area contributed by atoms with Gasteiger partial charge in [0, 0.05) is 38.7 Å². The molecule has 0 bridgehead atoms. The van der Waals surface area contributed by atoms with Crippen molar-refractivity contribution >= 4 is 5.96 Å². The van der Waals surface area contributed by atoms with Crippen molar-refractivity contribution in [2.24, 2.45) is 10.4 Å². The lowest BCUT2D eigenvalue weighted by Crippen LogP contribution is -2.42. The molecule has 1 spiro atoms. The monoisotopic (exact) mass is 309 g/mol. The molecule has 1 saturated carbocycles. The highest BCUT2D eigenvalue weighted by atomic mass is 16.5. The van der Waals surface area contributed by atoms with Crippen molar-refractivity contribution in [1.82, 2.24) is 10.2 Å². The Bertz CT molecular complexity index is 374. The molecule has 5 nitrogen and oxygen atoms in total. The molecule has 3 fully saturated rings. The van der Waals surface area contributed by atoms with Gasteiger partial charge in [-0.2, -0.15) is 0 Å². The molecule has 5 heteroatoms. The molecule has 0 amide bonds. The molecule has 2 saturated heterocycles. The number of likely N-dealkylation sites (tertiary alicyclic amines) is 1. The normalized spacial score (nSPS) is 30.4. The van der Waals surface area contributed by atoms with Crippen LogP contribution in [0.1, 0.15) is 44.9 Å². The second-order valence-corrected chi connectivity index (χ2v) is 7.08. The molecule has 0 radical (unpaired) electrons. The summed E-state index contributed by atoms with van der Waals surface area (Å²) in [4.78, 5) is 6.83. The van der Waals surface area contributed by atoms with Crippen molar-refractivity contribution in [2.75, 3.05) is 46.5 Å². The summed E-state index contributed by atoms with van der Waals surface area (Å²) in [6.45, 7) is 5.65. The van der Waals surface area contributed by atoms with Crippen LogP contribution in [0.3, 0.4) is 0 Å². The molecule has 1 atom stereocenters. The molecular formula is C17H31N3O2. The first-order valence-electron chi connectivity index (χ1n) is 8.96. The predicted octanol–water partition coefficient (Wildman–Crippen LogP) is 2.02. The SMILES string of the molecule is CN=C(NCCOC1CCCCC1)N1CCC2(CCOC2)C1. The summed E-state index contributed by atoms with van der Waals surface area (Å²) in [6.07, 6.45) is 9.44. The Morgan fingerprint density at radius 1 is 1.32 bits per heavy atom. The van der Waals surface area contributed by atoms with Gasteiger partial charge in [-0.3, -0.25) is 4.99 Å². The maximum absolute atomic E-state index is 5.98. The number of guanidine groups is 1. The molecule has 2 aliphatic heterocycles. The quantitative estimate of drug-likeness (QED) is 0.490. The number of aliphatic imine (C=N–C) groups is 1. The number of nitrogens with one attached hydrogen (secondary N) is 1. The number of ether oxygens (including phenoxy) is 2. The Balaban J connectivity index is 1.37. The van der Waals surface area contributed by atoms with Crippen molar-refractivity contribution in [3.8, 4) is 0 Å². The van der Waals surface area contributed by atoms with Gasteiger partial charge in [0.15, 0.2) is 5.96 Å². The Kier molecular flexibility index (Phi) is 5.58. The van der Waals surface area contributed by atoms with E-state index in [-0.39, 0.29) is 0 Å². The van der Waals surface area contributed by atoms with Gasteiger partial charge in [0.2, 0.25) is 0 Å². The van der Waals surface area contributed by atoms with Gasteiger partial charge in [-0.15, -0.1) is 0 Å². The number of nitrogens with zero attached hydrogens (tertiary/aromatic N) is 2. The lowest BCUT2D eigenvalue weighted by atomic mass is 9.87. The fourth-order valence-electron chi connectivity index (χ4n) is 4.04. The zero-order chi connectivity index (χ0) is 15.3. The van der Waals surface area contributed by atoms with Crippen LogP contribution >= 0.6 is 0 Å². The molecule has 1 unspecified atom stereocenters. The van der Waals surface area contributed by atoms with Crippen molar-refractivity contribution in [2.45, 2.75) is 51.0 Å². The third-order valence-electron chi connectivity index (χ3n) is 5.43. The van der Waals surface area contributed by atoms with E-state index in [2.05, 4.69) is 15.2 Å². The smallest absolute Gasteiger partial charge is 0.193 e. The van der Waals surface area contributed by atoms with E-state index in [1.807, 2.05) is 7.05 Å². The van der Waals surface area contributed by atoms with Crippen LogP contribution < -0.4 is 5.32 Å². The number of hydrogen-bond acceptors (Lipinski definition) is 3. The minimum atomic E-state index is 0.385. The molecule has 2 heterocycles. The van der Waals surface area contributed by atoms with Crippen LogP contribution in [0.5, 0.6) is 0 Å². The van der Waals surface area contributed by atoms with Gasteiger partial charge in [-0.05, 0) is 25.7 Å². The van der Waals surface area contributed by atoms with E-state index in [4.69, 9.17) is 9.47 Å². The van der Waals surface area contributed by atoms with Crippen molar-refractivity contribution in [1.29, 1.82) is 0 Å². The molecule has 0 aromatic rings. The second-order valence-electron chi connectivity index (χ2n) is 7.08. The summed E-state index contributed by atoms with van der Waals surface area (Å²) in [5, 5.41) is 3.47. The van der Waals surface area contributed by atoms with Crippen LogP contribution in [0.15, 0.2) is 4.99 Å². The predicted molar refractivity (Wildman–Crippen MR) is 88.2 cm³/mol. The molecule has 3 aliphatic rings. The number of hydrogen-bond donors (Lipinski definition) is 1. The van der Waals surface area contributed by atoms with Crippen LogP contribution in [0.25, 0.3) is 0 Å². The molecule has 1 aliphatic carbocycles. The summed E-state index contributed by atoms with van der Waals surface area (Å²) in [5.41, 5.74) is 0.385. The highest BCUT2D eigenvalue weighted by Crippen LogP contribution is 2.38. The number of rotatable bonds is 4. The Morgan fingerprint density at radius 3 is 2.91 bits per heavy atom. The Hall–Kier alpha value is -0.810. The highest BCUT2D eigenvalue weighted by Gasteiger charge is 2.42. The maximum Gasteiger partial charge on any atom is 0.193 e. The largest absolute Gasteiger partial charge is 0.381 e. The average Bonchev–Trinajstić information content (AvgIpc) is 3.19. The minimum Gasteiger partial charge on any atom is -0.381 e. The summed E-state index contributed by atoms with van der Waals surface area (Å²) in [6, 6.07) is 0. The van der Waals surface area contributed by atoms with Crippen LogP contribution in [0, 0.1) is 5.41 Å². The minimum absolute atomic E-state index is 0.385. The topological polar surface area (TPSA) is 46.1 Å². The fraction of sp³-hybridized carbons (Fsp3) is 0.941. The van der Waals surface area contributed by atoms with Gasteiger partial charge in [0.25, 0.3) is 0 Å². The van der Waals surface area contributed by atoms with Crippen molar-refractivity contribution in [3.63, 3.8) is 0 Å². The fourth-order valence-corrected chi connectivity index (χ4v) is 4.04. The molecule has 126 valence electrons. The summed E-state index contributed by atoms with van der Waals surface area (Å²) < 4.78 is 11.6. The van der Waals surface area contributed by atoms with E-state index in [9.17, 15) is 0 Å². The zero-order valence-corrected chi connectivity index (χ0v) is 14.0. The van der Waals surface area contributed by atoms with E-state index >= 15 is 0 Å². The first kappa shape index (κ1) is 16.1. The third kappa shape index (κ3) is 3.93.